The lowest BCUT2D eigenvalue weighted by atomic mass is 10.0. The first-order valence-corrected chi connectivity index (χ1v) is 5.13. The second-order valence-electron chi connectivity index (χ2n) is 3.42. The molecule has 0 amide bonds. The molecule has 0 spiro atoms. The van der Waals surface area contributed by atoms with Gasteiger partial charge in [0.1, 0.15) is 0 Å². The minimum atomic E-state index is -0.421. The molecule has 0 heterocycles. The van der Waals surface area contributed by atoms with Crippen molar-refractivity contribution in [3.63, 3.8) is 0 Å². The maximum atomic E-state index is 9.81. The third-order valence-electron chi connectivity index (χ3n) is 2.35. The van der Waals surface area contributed by atoms with Crippen molar-refractivity contribution < 1.29 is 14.6 Å². The highest BCUT2D eigenvalue weighted by molar-refractivity contribution is 5.43. The van der Waals surface area contributed by atoms with Crippen LogP contribution in [-0.4, -0.2) is 19.3 Å². The molecule has 84 valence electrons. The van der Waals surface area contributed by atoms with E-state index in [4.69, 9.17) is 9.47 Å². The molecule has 1 unspecified atom stereocenters. The van der Waals surface area contributed by atoms with Gasteiger partial charge in [-0.15, -0.1) is 0 Å². The monoisotopic (exact) mass is 210 g/mol. The van der Waals surface area contributed by atoms with E-state index in [0.29, 0.717) is 11.5 Å². The van der Waals surface area contributed by atoms with E-state index in [0.717, 1.165) is 18.4 Å². The van der Waals surface area contributed by atoms with Crippen LogP contribution in [0.15, 0.2) is 18.2 Å². The van der Waals surface area contributed by atoms with Crippen LogP contribution in [0.25, 0.3) is 0 Å². The summed E-state index contributed by atoms with van der Waals surface area (Å²) >= 11 is 0. The number of rotatable bonds is 5. The Kier molecular flexibility index (Phi) is 4.43. The van der Waals surface area contributed by atoms with E-state index in [9.17, 15) is 5.11 Å². The van der Waals surface area contributed by atoms with Crippen LogP contribution in [0.2, 0.25) is 0 Å². The Morgan fingerprint density at radius 3 is 2.40 bits per heavy atom. The molecule has 0 radical (unpaired) electrons. The van der Waals surface area contributed by atoms with Crippen molar-refractivity contribution in [2.45, 2.75) is 25.9 Å². The molecule has 0 saturated heterocycles. The van der Waals surface area contributed by atoms with Crippen molar-refractivity contribution in [1.29, 1.82) is 0 Å². The number of hydrogen-bond donors (Lipinski definition) is 1. The van der Waals surface area contributed by atoms with Crippen molar-refractivity contribution in [2.75, 3.05) is 14.2 Å². The number of aliphatic hydroxyl groups excluding tert-OH is 1. The van der Waals surface area contributed by atoms with E-state index in [1.54, 1.807) is 14.2 Å². The average molecular weight is 210 g/mol. The Labute approximate surface area is 90.6 Å². The van der Waals surface area contributed by atoms with Crippen LogP contribution in [0.4, 0.5) is 0 Å². The van der Waals surface area contributed by atoms with Crippen molar-refractivity contribution in [1.82, 2.24) is 0 Å². The van der Waals surface area contributed by atoms with Crippen molar-refractivity contribution in [3.05, 3.63) is 23.8 Å². The van der Waals surface area contributed by atoms with Crippen LogP contribution in [0.1, 0.15) is 31.4 Å². The summed E-state index contributed by atoms with van der Waals surface area (Å²) in [5, 5.41) is 9.81. The van der Waals surface area contributed by atoms with Gasteiger partial charge in [-0.05, 0) is 24.1 Å². The fourth-order valence-corrected chi connectivity index (χ4v) is 1.50. The Morgan fingerprint density at radius 1 is 1.20 bits per heavy atom. The number of aliphatic hydroxyl groups is 1. The minimum absolute atomic E-state index is 0.421. The fourth-order valence-electron chi connectivity index (χ4n) is 1.50. The molecule has 0 saturated carbocycles. The average Bonchev–Trinajstić information content (AvgIpc) is 2.28. The number of hydrogen-bond acceptors (Lipinski definition) is 3. The van der Waals surface area contributed by atoms with Gasteiger partial charge in [-0.1, -0.05) is 19.4 Å². The molecule has 3 heteroatoms. The van der Waals surface area contributed by atoms with Crippen molar-refractivity contribution in [3.8, 4) is 11.5 Å². The molecule has 1 aromatic carbocycles. The molecule has 1 N–H and O–H groups in total. The van der Waals surface area contributed by atoms with E-state index in [2.05, 4.69) is 0 Å². The van der Waals surface area contributed by atoms with Crippen molar-refractivity contribution >= 4 is 0 Å². The van der Waals surface area contributed by atoms with Gasteiger partial charge < -0.3 is 14.6 Å². The highest BCUT2D eigenvalue weighted by Gasteiger charge is 2.10. The molecule has 0 aliphatic heterocycles. The first-order valence-electron chi connectivity index (χ1n) is 5.13. The molecular formula is C12H18O3. The summed E-state index contributed by atoms with van der Waals surface area (Å²) in [6.07, 6.45) is 1.29. The summed E-state index contributed by atoms with van der Waals surface area (Å²) in [4.78, 5) is 0. The summed E-state index contributed by atoms with van der Waals surface area (Å²) in [5.41, 5.74) is 0.870. The minimum Gasteiger partial charge on any atom is -0.493 e. The molecule has 15 heavy (non-hydrogen) atoms. The van der Waals surface area contributed by atoms with Crippen molar-refractivity contribution in [2.24, 2.45) is 0 Å². The van der Waals surface area contributed by atoms with Gasteiger partial charge in [0.2, 0.25) is 0 Å². The van der Waals surface area contributed by atoms with E-state index in [1.807, 2.05) is 25.1 Å². The van der Waals surface area contributed by atoms with Gasteiger partial charge >= 0.3 is 0 Å². The number of methoxy groups -OCH3 is 2. The molecule has 1 rings (SSSR count). The van der Waals surface area contributed by atoms with Gasteiger partial charge in [-0.25, -0.2) is 0 Å². The molecule has 0 bridgehead atoms. The quantitative estimate of drug-likeness (QED) is 0.811. The van der Waals surface area contributed by atoms with Gasteiger partial charge in [-0.3, -0.25) is 0 Å². The fraction of sp³-hybridized carbons (Fsp3) is 0.500. The predicted octanol–water partition coefficient (Wildman–Crippen LogP) is 2.54. The lowest BCUT2D eigenvalue weighted by Crippen LogP contribution is -1.98. The molecule has 3 nitrogen and oxygen atoms in total. The summed E-state index contributed by atoms with van der Waals surface area (Å²) < 4.78 is 10.3. The molecule has 0 aliphatic rings. The lowest BCUT2D eigenvalue weighted by molar-refractivity contribution is 0.166. The maximum absolute atomic E-state index is 9.81. The maximum Gasteiger partial charge on any atom is 0.161 e. The van der Waals surface area contributed by atoms with Gasteiger partial charge in [0.05, 0.1) is 20.3 Å². The topological polar surface area (TPSA) is 38.7 Å². The van der Waals surface area contributed by atoms with Gasteiger partial charge in [0.15, 0.2) is 11.5 Å². The van der Waals surface area contributed by atoms with Crippen LogP contribution in [0.5, 0.6) is 11.5 Å². The zero-order valence-corrected chi connectivity index (χ0v) is 9.49. The van der Waals surface area contributed by atoms with E-state index in [-0.39, 0.29) is 0 Å². The molecule has 1 aromatic rings. The smallest absolute Gasteiger partial charge is 0.161 e. The Balaban J connectivity index is 2.92. The normalized spacial score (nSPS) is 12.3. The predicted molar refractivity (Wildman–Crippen MR) is 59.4 cm³/mol. The van der Waals surface area contributed by atoms with Gasteiger partial charge in [0, 0.05) is 0 Å². The zero-order chi connectivity index (χ0) is 11.3. The SMILES string of the molecule is CCCC(O)c1ccc(OC)c(OC)c1. The molecule has 1 atom stereocenters. The summed E-state index contributed by atoms with van der Waals surface area (Å²) in [7, 11) is 3.19. The summed E-state index contributed by atoms with van der Waals surface area (Å²) in [6, 6.07) is 5.49. The van der Waals surface area contributed by atoms with Crippen LogP contribution >= 0.6 is 0 Å². The lowest BCUT2D eigenvalue weighted by Gasteiger charge is -2.13. The Hall–Kier alpha value is -1.22. The first-order chi connectivity index (χ1) is 7.22. The standard InChI is InChI=1S/C12H18O3/c1-4-5-10(13)9-6-7-11(14-2)12(8-9)15-3/h6-8,10,13H,4-5H2,1-3H3. The zero-order valence-electron chi connectivity index (χ0n) is 9.49. The summed E-state index contributed by atoms with van der Waals surface area (Å²) in [5.74, 6) is 1.34. The second kappa shape index (κ2) is 5.61. The molecular weight excluding hydrogens is 192 g/mol. The van der Waals surface area contributed by atoms with E-state index < -0.39 is 6.10 Å². The number of ether oxygens (including phenoxy) is 2. The molecule has 0 aliphatic carbocycles. The largest absolute Gasteiger partial charge is 0.493 e. The van der Waals surface area contributed by atoms with Crippen LogP contribution in [0.3, 0.4) is 0 Å². The van der Waals surface area contributed by atoms with Gasteiger partial charge in [0.25, 0.3) is 0 Å². The highest BCUT2D eigenvalue weighted by Crippen LogP contribution is 2.30. The third-order valence-corrected chi connectivity index (χ3v) is 2.35. The van der Waals surface area contributed by atoms with E-state index in [1.165, 1.54) is 0 Å². The van der Waals surface area contributed by atoms with Gasteiger partial charge in [-0.2, -0.15) is 0 Å². The summed E-state index contributed by atoms with van der Waals surface area (Å²) in [6.45, 7) is 2.05. The number of benzene rings is 1. The second-order valence-corrected chi connectivity index (χ2v) is 3.42. The third kappa shape index (κ3) is 2.86. The Bertz CT molecular complexity index is 310. The van der Waals surface area contributed by atoms with E-state index >= 15 is 0 Å². The highest BCUT2D eigenvalue weighted by atomic mass is 16.5. The van der Waals surface area contributed by atoms with Crippen LogP contribution < -0.4 is 9.47 Å². The first kappa shape index (κ1) is 11.9. The van der Waals surface area contributed by atoms with Crippen LogP contribution in [0, 0.1) is 0 Å². The van der Waals surface area contributed by atoms with Crippen LogP contribution in [-0.2, 0) is 0 Å². The Morgan fingerprint density at radius 2 is 1.87 bits per heavy atom. The molecule has 0 fully saturated rings. The molecule has 0 aromatic heterocycles.